The van der Waals surface area contributed by atoms with Gasteiger partial charge in [0.2, 0.25) is 5.91 Å². The molecular weight excluding hydrogens is 416 g/mol. The van der Waals surface area contributed by atoms with Crippen molar-refractivity contribution in [3.63, 3.8) is 0 Å². The fourth-order valence-electron chi connectivity index (χ4n) is 4.06. The third-order valence-electron chi connectivity index (χ3n) is 6.07. The Morgan fingerprint density at radius 3 is 2.58 bits per heavy atom. The van der Waals surface area contributed by atoms with Crippen LogP contribution in [0.2, 0.25) is 0 Å². The number of rotatable bonds is 7. The van der Waals surface area contributed by atoms with Gasteiger partial charge in [-0.3, -0.25) is 9.59 Å². The minimum atomic E-state index is -0.601. The first-order valence-corrected chi connectivity index (χ1v) is 11.2. The Kier molecular flexibility index (Phi) is 6.31. The van der Waals surface area contributed by atoms with Gasteiger partial charge in [-0.2, -0.15) is 0 Å². The van der Waals surface area contributed by atoms with Crippen LogP contribution in [0.3, 0.4) is 0 Å². The summed E-state index contributed by atoms with van der Waals surface area (Å²) in [7, 11) is 0. The molecule has 0 spiro atoms. The SMILES string of the molecule is CCc1ccccc1NC(=O)CN1C(=O)N/C(=C/c2cn([C@@H](C)CC)c3ccccc23)C1=O. The minimum absolute atomic E-state index is 0.161. The molecule has 0 unspecified atom stereocenters. The van der Waals surface area contributed by atoms with Gasteiger partial charge in [0, 0.05) is 34.4 Å². The van der Waals surface area contributed by atoms with Gasteiger partial charge in [0.1, 0.15) is 12.2 Å². The topological polar surface area (TPSA) is 83.4 Å². The van der Waals surface area contributed by atoms with E-state index in [1.165, 1.54) is 0 Å². The van der Waals surface area contributed by atoms with Gasteiger partial charge in [0.05, 0.1) is 0 Å². The molecule has 2 heterocycles. The molecule has 1 aromatic heterocycles. The van der Waals surface area contributed by atoms with Gasteiger partial charge < -0.3 is 15.2 Å². The third-order valence-corrected chi connectivity index (χ3v) is 6.07. The number of benzene rings is 2. The lowest BCUT2D eigenvalue weighted by Gasteiger charge is -2.13. The Morgan fingerprint density at radius 1 is 1.09 bits per heavy atom. The number of para-hydroxylation sites is 2. The fraction of sp³-hybridized carbons (Fsp3) is 0.269. The molecule has 0 aliphatic carbocycles. The molecule has 1 fully saturated rings. The van der Waals surface area contributed by atoms with Crippen LogP contribution < -0.4 is 10.6 Å². The van der Waals surface area contributed by atoms with Crippen molar-refractivity contribution in [3.05, 3.63) is 71.6 Å². The van der Waals surface area contributed by atoms with Gasteiger partial charge in [-0.25, -0.2) is 9.69 Å². The number of aryl methyl sites for hydroxylation is 1. The van der Waals surface area contributed by atoms with Gasteiger partial charge in [0.15, 0.2) is 0 Å². The molecule has 0 radical (unpaired) electrons. The lowest BCUT2D eigenvalue weighted by atomic mass is 10.1. The number of anilines is 1. The van der Waals surface area contributed by atoms with Crippen molar-refractivity contribution in [3.8, 4) is 0 Å². The summed E-state index contributed by atoms with van der Waals surface area (Å²) in [4.78, 5) is 38.9. The van der Waals surface area contributed by atoms with E-state index < -0.39 is 17.8 Å². The van der Waals surface area contributed by atoms with Crippen LogP contribution in [-0.2, 0) is 16.0 Å². The van der Waals surface area contributed by atoms with Gasteiger partial charge >= 0.3 is 6.03 Å². The highest BCUT2D eigenvalue weighted by Gasteiger charge is 2.35. The molecule has 0 saturated carbocycles. The number of aromatic nitrogens is 1. The van der Waals surface area contributed by atoms with Gasteiger partial charge in [-0.1, -0.05) is 50.2 Å². The predicted molar refractivity (Wildman–Crippen MR) is 130 cm³/mol. The van der Waals surface area contributed by atoms with E-state index in [-0.39, 0.29) is 12.2 Å². The maximum atomic E-state index is 13.0. The zero-order valence-electron chi connectivity index (χ0n) is 19.1. The quantitative estimate of drug-likeness (QED) is 0.409. The molecule has 1 saturated heterocycles. The number of fused-ring (bicyclic) bond motifs is 1. The molecule has 0 bridgehead atoms. The van der Waals surface area contributed by atoms with Crippen LogP contribution in [-0.4, -0.2) is 33.9 Å². The van der Waals surface area contributed by atoms with Crippen LogP contribution in [0.15, 0.2) is 60.4 Å². The van der Waals surface area contributed by atoms with Crippen molar-refractivity contribution >= 4 is 40.5 Å². The van der Waals surface area contributed by atoms with Crippen LogP contribution in [0, 0.1) is 0 Å². The first kappa shape index (κ1) is 22.3. The van der Waals surface area contributed by atoms with Crippen LogP contribution in [0.4, 0.5) is 10.5 Å². The Balaban J connectivity index is 1.56. The van der Waals surface area contributed by atoms with Crippen LogP contribution >= 0.6 is 0 Å². The van der Waals surface area contributed by atoms with Gasteiger partial charge in [0.25, 0.3) is 5.91 Å². The largest absolute Gasteiger partial charge is 0.344 e. The van der Waals surface area contributed by atoms with Crippen LogP contribution in [0.1, 0.15) is 44.4 Å². The number of carbonyl (C=O) groups is 3. The van der Waals surface area contributed by atoms with Crippen molar-refractivity contribution in [2.24, 2.45) is 0 Å². The second-order valence-electron chi connectivity index (χ2n) is 8.20. The molecule has 3 aromatic rings. The molecule has 7 heteroatoms. The van der Waals surface area contributed by atoms with E-state index in [4.69, 9.17) is 0 Å². The van der Waals surface area contributed by atoms with E-state index in [1.807, 2.05) is 55.6 Å². The standard InChI is InChI=1S/C26H28N4O3/c1-4-17(3)29-15-19(20-11-7-9-13-23(20)29)14-22-25(32)30(26(33)28-22)16-24(31)27-21-12-8-6-10-18(21)5-2/h6-15,17H,4-5,16H2,1-3H3,(H,27,31)(H,28,33)/b22-14+/t17-/m0/s1. The van der Waals surface area contributed by atoms with Crippen molar-refractivity contribution < 1.29 is 14.4 Å². The number of imide groups is 1. The summed E-state index contributed by atoms with van der Waals surface area (Å²) in [6.45, 7) is 5.91. The Bertz CT molecular complexity index is 1260. The average Bonchev–Trinajstić information content (AvgIpc) is 3.31. The monoisotopic (exact) mass is 444 g/mol. The van der Waals surface area contributed by atoms with Gasteiger partial charge in [-0.15, -0.1) is 0 Å². The number of nitrogens with zero attached hydrogens (tertiary/aromatic N) is 2. The summed E-state index contributed by atoms with van der Waals surface area (Å²) in [6, 6.07) is 15.1. The van der Waals surface area contributed by atoms with Crippen LogP contribution in [0.5, 0.6) is 0 Å². The molecule has 4 amide bonds. The smallest absolute Gasteiger partial charge is 0.329 e. The Morgan fingerprint density at radius 2 is 1.82 bits per heavy atom. The van der Waals surface area contributed by atoms with E-state index in [0.717, 1.165) is 39.8 Å². The van der Waals surface area contributed by atoms with Gasteiger partial charge in [-0.05, 0) is 43.5 Å². The van der Waals surface area contributed by atoms with E-state index in [2.05, 4.69) is 29.0 Å². The zero-order chi connectivity index (χ0) is 23.5. The van der Waals surface area contributed by atoms with Crippen LogP contribution in [0.25, 0.3) is 17.0 Å². The van der Waals surface area contributed by atoms with E-state index >= 15 is 0 Å². The van der Waals surface area contributed by atoms with Crippen molar-refractivity contribution in [1.29, 1.82) is 0 Å². The predicted octanol–water partition coefficient (Wildman–Crippen LogP) is 4.71. The number of hydrogen-bond acceptors (Lipinski definition) is 3. The highest BCUT2D eigenvalue weighted by molar-refractivity contribution is 6.16. The average molecular weight is 445 g/mol. The highest BCUT2D eigenvalue weighted by atomic mass is 16.2. The second kappa shape index (κ2) is 9.32. The lowest BCUT2D eigenvalue weighted by molar-refractivity contribution is -0.127. The number of hydrogen-bond donors (Lipinski definition) is 2. The maximum Gasteiger partial charge on any atom is 0.329 e. The molecule has 2 N–H and O–H groups in total. The maximum absolute atomic E-state index is 13.0. The number of carbonyl (C=O) groups excluding carboxylic acids is 3. The Labute approximate surface area is 193 Å². The number of urea groups is 1. The lowest BCUT2D eigenvalue weighted by Crippen LogP contribution is -2.38. The van der Waals surface area contributed by atoms with Crippen molar-refractivity contribution in [1.82, 2.24) is 14.8 Å². The van der Waals surface area contributed by atoms with Crippen molar-refractivity contribution in [2.45, 2.75) is 39.7 Å². The summed E-state index contributed by atoms with van der Waals surface area (Å²) in [6.07, 6.45) is 5.42. The summed E-state index contributed by atoms with van der Waals surface area (Å²) < 4.78 is 2.18. The van der Waals surface area contributed by atoms with E-state index in [0.29, 0.717) is 11.7 Å². The zero-order valence-corrected chi connectivity index (χ0v) is 19.1. The Hall–Kier alpha value is -3.87. The molecule has 4 rings (SSSR count). The molecule has 1 atom stereocenters. The second-order valence-corrected chi connectivity index (χ2v) is 8.20. The molecule has 33 heavy (non-hydrogen) atoms. The first-order chi connectivity index (χ1) is 15.9. The molecular formula is C26H28N4O3. The molecule has 1 aliphatic heterocycles. The minimum Gasteiger partial charge on any atom is -0.344 e. The molecule has 7 nitrogen and oxygen atoms in total. The normalized spacial score (nSPS) is 15.8. The number of amides is 4. The fourth-order valence-corrected chi connectivity index (χ4v) is 4.06. The van der Waals surface area contributed by atoms with E-state index in [1.54, 1.807) is 12.1 Å². The molecule has 2 aromatic carbocycles. The summed E-state index contributed by atoms with van der Waals surface area (Å²) >= 11 is 0. The van der Waals surface area contributed by atoms with E-state index in [9.17, 15) is 14.4 Å². The molecule has 1 aliphatic rings. The summed E-state index contributed by atoms with van der Waals surface area (Å²) in [5.74, 6) is -0.937. The number of nitrogens with one attached hydrogen (secondary N) is 2. The third kappa shape index (κ3) is 4.39. The summed E-state index contributed by atoms with van der Waals surface area (Å²) in [5, 5.41) is 6.42. The highest BCUT2D eigenvalue weighted by Crippen LogP contribution is 2.28. The molecule has 170 valence electrons. The summed E-state index contributed by atoms with van der Waals surface area (Å²) in [5.41, 5.74) is 3.75. The first-order valence-electron chi connectivity index (χ1n) is 11.2. The van der Waals surface area contributed by atoms with Crippen molar-refractivity contribution in [2.75, 3.05) is 11.9 Å².